The van der Waals surface area contributed by atoms with Crippen LogP contribution >= 0.6 is 23.2 Å². The molecule has 31 heavy (non-hydrogen) atoms. The Labute approximate surface area is 187 Å². The number of halogens is 2. The van der Waals surface area contributed by atoms with Gasteiger partial charge in [-0.25, -0.2) is 10.2 Å². The second-order valence-corrected chi connectivity index (χ2v) is 6.92. The van der Waals surface area contributed by atoms with Gasteiger partial charge in [0.1, 0.15) is 5.75 Å². The normalized spacial score (nSPS) is 10.5. The maximum Gasteiger partial charge on any atom is 0.343 e. The van der Waals surface area contributed by atoms with Crippen molar-refractivity contribution in [2.45, 2.75) is 0 Å². The van der Waals surface area contributed by atoms with Gasteiger partial charge in [0.15, 0.2) is 0 Å². The van der Waals surface area contributed by atoms with Crippen LogP contribution in [0.25, 0.3) is 0 Å². The Balaban J connectivity index is 1.51. The third kappa shape index (κ3) is 6.40. The summed E-state index contributed by atoms with van der Waals surface area (Å²) in [6, 6.07) is 19.5. The van der Waals surface area contributed by atoms with Gasteiger partial charge in [-0.1, -0.05) is 41.4 Å². The van der Waals surface area contributed by atoms with Crippen molar-refractivity contribution in [1.82, 2.24) is 5.43 Å². The van der Waals surface area contributed by atoms with E-state index in [0.717, 1.165) is 0 Å². The van der Waals surface area contributed by atoms with Gasteiger partial charge in [0.25, 0.3) is 0 Å². The molecule has 0 atom stereocenters. The average Bonchev–Trinajstić information content (AvgIpc) is 2.78. The summed E-state index contributed by atoms with van der Waals surface area (Å²) in [6.45, 7) is 0. The standard InChI is InChI=1S/C22H15Cl2N3O4/c23-18-11-8-16(12-19(18)24)26-20(28)21(29)27-25-13-14-6-9-17(10-7-14)31-22(30)15-4-2-1-3-5-15/h1-13H,(H,26,28)(H,27,29)/b25-13-. The molecular weight excluding hydrogens is 441 g/mol. The van der Waals surface area contributed by atoms with Crippen molar-refractivity contribution in [3.05, 3.63) is 94.0 Å². The van der Waals surface area contributed by atoms with Crippen LogP contribution in [0.2, 0.25) is 10.0 Å². The summed E-state index contributed by atoms with van der Waals surface area (Å²) in [5, 5.41) is 6.69. The largest absolute Gasteiger partial charge is 0.423 e. The maximum absolute atomic E-state index is 12.0. The molecule has 0 bridgehead atoms. The highest BCUT2D eigenvalue weighted by Crippen LogP contribution is 2.24. The lowest BCUT2D eigenvalue weighted by Gasteiger charge is -2.05. The zero-order chi connectivity index (χ0) is 22.2. The Morgan fingerprint density at radius 2 is 1.55 bits per heavy atom. The van der Waals surface area contributed by atoms with E-state index in [0.29, 0.717) is 27.6 Å². The fourth-order valence-electron chi connectivity index (χ4n) is 2.34. The molecule has 156 valence electrons. The number of ether oxygens (including phenoxy) is 1. The van der Waals surface area contributed by atoms with Crippen molar-refractivity contribution < 1.29 is 19.1 Å². The molecule has 2 amide bonds. The molecule has 0 aliphatic heterocycles. The molecule has 0 aliphatic rings. The summed E-state index contributed by atoms with van der Waals surface area (Å²) in [5.41, 5.74) is 3.49. The number of benzene rings is 3. The lowest BCUT2D eigenvalue weighted by atomic mass is 10.2. The minimum atomic E-state index is -0.962. The lowest BCUT2D eigenvalue weighted by molar-refractivity contribution is -0.136. The summed E-state index contributed by atoms with van der Waals surface area (Å²) in [7, 11) is 0. The number of nitrogens with zero attached hydrogens (tertiary/aromatic N) is 1. The van der Waals surface area contributed by atoms with Crippen LogP contribution in [0.15, 0.2) is 77.9 Å². The van der Waals surface area contributed by atoms with Gasteiger partial charge in [-0.15, -0.1) is 0 Å². The van der Waals surface area contributed by atoms with Crippen LogP contribution < -0.4 is 15.5 Å². The average molecular weight is 456 g/mol. The highest BCUT2D eigenvalue weighted by atomic mass is 35.5. The van der Waals surface area contributed by atoms with Gasteiger partial charge >= 0.3 is 17.8 Å². The van der Waals surface area contributed by atoms with Gasteiger partial charge in [0.2, 0.25) is 0 Å². The Hall–Kier alpha value is -3.68. The highest BCUT2D eigenvalue weighted by molar-refractivity contribution is 6.43. The van der Waals surface area contributed by atoms with Crippen LogP contribution in [-0.4, -0.2) is 24.0 Å². The molecule has 0 spiro atoms. The third-order valence-corrected chi connectivity index (χ3v) is 4.60. The van der Waals surface area contributed by atoms with E-state index >= 15 is 0 Å². The summed E-state index contributed by atoms with van der Waals surface area (Å²) in [6.07, 6.45) is 1.34. The quantitative estimate of drug-likeness (QED) is 0.197. The highest BCUT2D eigenvalue weighted by Gasteiger charge is 2.13. The predicted octanol–water partition coefficient (Wildman–Crippen LogP) is 4.30. The van der Waals surface area contributed by atoms with E-state index in [-0.39, 0.29) is 5.02 Å². The third-order valence-electron chi connectivity index (χ3n) is 3.86. The van der Waals surface area contributed by atoms with Gasteiger partial charge in [0, 0.05) is 5.69 Å². The molecule has 0 radical (unpaired) electrons. The van der Waals surface area contributed by atoms with Gasteiger partial charge in [-0.05, 0) is 60.2 Å². The molecular formula is C22H15Cl2N3O4. The number of nitrogens with one attached hydrogen (secondary N) is 2. The number of rotatable bonds is 5. The summed E-state index contributed by atoms with van der Waals surface area (Å²) in [5.74, 6) is -1.99. The zero-order valence-corrected chi connectivity index (χ0v) is 17.4. The minimum absolute atomic E-state index is 0.246. The van der Waals surface area contributed by atoms with Crippen LogP contribution in [0.1, 0.15) is 15.9 Å². The van der Waals surface area contributed by atoms with Crippen LogP contribution in [0, 0.1) is 0 Å². The predicted molar refractivity (Wildman–Crippen MR) is 119 cm³/mol. The second kappa shape index (κ2) is 10.4. The smallest absolute Gasteiger partial charge is 0.343 e. The van der Waals surface area contributed by atoms with Crippen molar-refractivity contribution in [3.63, 3.8) is 0 Å². The van der Waals surface area contributed by atoms with E-state index in [1.807, 2.05) is 0 Å². The number of carbonyl (C=O) groups excluding carboxylic acids is 3. The summed E-state index contributed by atoms with van der Waals surface area (Å²) < 4.78 is 5.28. The minimum Gasteiger partial charge on any atom is -0.423 e. The van der Waals surface area contributed by atoms with Gasteiger partial charge in [-0.2, -0.15) is 5.10 Å². The van der Waals surface area contributed by atoms with Crippen molar-refractivity contribution in [2.75, 3.05) is 5.32 Å². The molecule has 7 nitrogen and oxygen atoms in total. The molecule has 0 saturated carbocycles. The number of esters is 1. The first-order valence-electron chi connectivity index (χ1n) is 8.89. The van der Waals surface area contributed by atoms with Crippen molar-refractivity contribution >= 4 is 52.9 Å². The maximum atomic E-state index is 12.0. The van der Waals surface area contributed by atoms with Crippen molar-refractivity contribution in [3.8, 4) is 5.75 Å². The molecule has 0 aliphatic carbocycles. The fourth-order valence-corrected chi connectivity index (χ4v) is 2.64. The zero-order valence-electron chi connectivity index (χ0n) is 15.8. The number of anilines is 1. The van der Waals surface area contributed by atoms with Crippen LogP contribution in [0.5, 0.6) is 5.75 Å². The van der Waals surface area contributed by atoms with Gasteiger partial charge in [0.05, 0.1) is 21.8 Å². The number of hydrogen-bond donors (Lipinski definition) is 2. The van der Waals surface area contributed by atoms with Crippen molar-refractivity contribution in [1.29, 1.82) is 0 Å². The lowest BCUT2D eigenvalue weighted by Crippen LogP contribution is -2.32. The molecule has 2 N–H and O–H groups in total. The molecule has 0 aromatic heterocycles. The number of amides is 2. The van der Waals surface area contributed by atoms with Crippen LogP contribution in [0.3, 0.4) is 0 Å². The number of hydrazone groups is 1. The van der Waals surface area contributed by atoms with E-state index in [4.69, 9.17) is 27.9 Å². The Kier molecular flexibility index (Phi) is 7.37. The van der Waals surface area contributed by atoms with Crippen LogP contribution in [-0.2, 0) is 9.59 Å². The number of carbonyl (C=O) groups is 3. The van der Waals surface area contributed by atoms with E-state index < -0.39 is 17.8 Å². The molecule has 0 fully saturated rings. The second-order valence-electron chi connectivity index (χ2n) is 6.11. The monoisotopic (exact) mass is 455 g/mol. The molecule has 9 heteroatoms. The molecule has 0 saturated heterocycles. The fraction of sp³-hybridized carbons (Fsp3) is 0. The van der Waals surface area contributed by atoms with E-state index in [1.54, 1.807) is 54.6 Å². The Bertz CT molecular complexity index is 1130. The Morgan fingerprint density at radius 3 is 2.23 bits per heavy atom. The molecule has 3 aromatic rings. The van der Waals surface area contributed by atoms with E-state index in [9.17, 15) is 14.4 Å². The summed E-state index contributed by atoms with van der Waals surface area (Å²) in [4.78, 5) is 35.8. The molecule has 3 rings (SSSR count). The first kappa shape index (κ1) is 22.0. The number of hydrogen-bond acceptors (Lipinski definition) is 5. The topological polar surface area (TPSA) is 96.9 Å². The van der Waals surface area contributed by atoms with Gasteiger partial charge < -0.3 is 10.1 Å². The Morgan fingerprint density at radius 1 is 0.839 bits per heavy atom. The molecule has 0 unspecified atom stereocenters. The SMILES string of the molecule is O=C(N/N=C\c1ccc(OC(=O)c2ccccc2)cc1)C(=O)Nc1ccc(Cl)c(Cl)c1. The van der Waals surface area contributed by atoms with E-state index in [2.05, 4.69) is 15.8 Å². The van der Waals surface area contributed by atoms with Gasteiger partial charge in [-0.3, -0.25) is 9.59 Å². The first-order chi connectivity index (χ1) is 14.9. The summed E-state index contributed by atoms with van der Waals surface area (Å²) >= 11 is 11.7. The van der Waals surface area contributed by atoms with E-state index in [1.165, 1.54) is 24.4 Å². The first-order valence-corrected chi connectivity index (χ1v) is 9.65. The molecule has 0 heterocycles. The molecule has 3 aromatic carbocycles. The van der Waals surface area contributed by atoms with Crippen molar-refractivity contribution in [2.24, 2.45) is 5.10 Å². The van der Waals surface area contributed by atoms with Crippen LogP contribution in [0.4, 0.5) is 5.69 Å².